The molecular formula is C8H5AgNO5S2. The Balaban J connectivity index is 0.00000144. The van der Waals surface area contributed by atoms with Crippen molar-refractivity contribution in [1.29, 1.82) is 0 Å². The van der Waals surface area contributed by atoms with Gasteiger partial charge in [0, 0.05) is 27.1 Å². The third kappa shape index (κ3) is 2.57. The Hall–Kier alpha value is -0.770. The van der Waals surface area contributed by atoms with Crippen molar-refractivity contribution in [3.8, 4) is 0 Å². The van der Waals surface area contributed by atoms with Crippen molar-refractivity contribution in [3.63, 3.8) is 0 Å². The summed E-state index contributed by atoms with van der Waals surface area (Å²) in [5, 5.41) is 11.0. The van der Waals surface area contributed by atoms with Gasteiger partial charge in [0.1, 0.15) is 0 Å². The second-order valence-electron chi connectivity index (χ2n) is 2.97. The van der Waals surface area contributed by atoms with Crippen LogP contribution in [0.1, 0.15) is 0 Å². The van der Waals surface area contributed by atoms with E-state index in [1.807, 2.05) is 0 Å². The molecule has 0 bridgehead atoms. The van der Waals surface area contributed by atoms with Crippen LogP contribution in [0, 0.1) is 10.1 Å². The van der Waals surface area contributed by atoms with E-state index in [0.29, 0.717) is 16.0 Å². The molecule has 0 aliphatic heterocycles. The van der Waals surface area contributed by atoms with Crippen LogP contribution in [-0.4, -0.2) is 17.9 Å². The van der Waals surface area contributed by atoms with Crippen molar-refractivity contribution >= 4 is 37.2 Å². The van der Waals surface area contributed by atoms with Gasteiger partial charge < -0.3 is 0 Å². The van der Waals surface area contributed by atoms with Crippen molar-refractivity contribution in [1.82, 2.24) is 0 Å². The van der Waals surface area contributed by atoms with Crippen LogP contribution in [0.5, 0.6) is 0 Å². The molecule has 0 atom stereocenters. The van der Waals surface area contributed by atoms with E-state index in [2.05, 4.69) is 0 Å². The maximum atomic E-state index is 11.0. The smallest absolute Gasteiger partial charge is 0.281 e. The molecular weight excluding hydrogens is 362 g/mol. The van der Waals surface area contributed by atoms with E-state index in [4.69, 9.17) is 4.55 Å². The van der Waals surface area contributed by atoms with E-state index in [0.717, 1.165) is 0 Å². The average Bonchev–Trinajstić information content (AvgIpc) is 2.55. The van der Waals surface area contributed by atoms with E-state index < -0.39 is 24.9 Å². The molecule has 0 saturated heterocycles. The fourth-order valence-corrected chi connectivity index (χ4v) is 3.38. The van der Waals surface area contributed by atoms with Crippen LogP contribution < -0.4 is 0 Å². The number of fused-ring (bicyclic) bond motifs is 1. The van der Waals surface area contributed by atoms with Gasteiger partial charge in [0.15, 0.2) is 0 Å². The molecule has 0 amide bonds. The molecule has 1 radical (unpaired) electrons. The summed E-state index contributed by atoms with van der Waals surface area (Å²) in [5.74, 6) is 0. The van der Waals surface area contributed by atoms with Crippen LogP contribution in [0.4, 0.5) is 5.69 Å². The summed E-state index contributed by atoms with van der Waals surface area (Å²) in [5.41, 5.74) is -0.567. The topological polar surface area (TPSA) is 97.5 Å². The largest absolute Gasteiger partial charge is 0.311 e. The van der Waals surface area contributed by atoms with Crippen LogP contribution in [0.3, 0.4) is 0 Å². The fourth-order valence-electron chi connectivity index (χ4n) is 1.36. The minimum atomic E-state index is -4.56. The van der Waals surface area contributed by atoms with Crippen LogP contribution in [0.15, 0.2) is 28.5 Å². The third-order valence-electron chi connectivity index (χ3n) is 1.96. The van der Waals surface area contributed by atoms with Crippen molar-refractivity contribution < 1.29 is 40.3 Å². The van der Waals surface area contributed by atoms with Crippen LogP contribution >= 0.6 is 11.3 Å². The van der Waals surface area contributed by atoms with E-state index in [9.17, 15) is 18.5 Å². The summed E-state index contributed by atoms with van der Waals surface area (Å²) in [6, 6.07) is 6.20. The zero-order chi connectivity index (χ0) is 11.9. The van der Waals surface area contributed by atoms with Crippen molar-refractivity contribution in [2.24, 2.45) is 0 Å². The Kier molecular flexibility index (Phi) is 4.07. The molecule has 0 aliphatic rings. The maximum absolute atomic E-state index is 11.0. The number of benzene rings is 1. The number of nitro groups is 1. The quantitative estimate of drug-likeness (QED) is 0.379. The molecule has 17 heavy (non-hydrogen) atoms. The average molecular weight is 367 g/mol. The van der Waals surface area contributed by atoms with Crippen molar-refractivity contribution in [2.75, 3.05) is 0 Å². The molecule has 2 aromatic rings. The van der Waals surface area contributed by atoms with Crippen LogP contribution in [0.2, 0.25) is 0 Å². The first-order valence-electron chi connectivity index (χ1n) is 4.04. The van der Waals surface area contributed by atoms with E-state index in [1.165, 1.54) is 6.07 Å². The van der Waals surface area contributed by atoms with Gasteiger partial charge in [0.25, 0.3) is 0 Å². The number of nitrogens with zero attached hydrogens (tertiary/aromatic N) is 1. The normalized spacial score (nSPS) is 11.1. The summed E-state index contributed by atoms with van der Waals surface area (Å²) < 4.78 is 30.7. The van der Waals surface area contributed by atoms with Gasteiger partial charge in [-0.1, -0.05) is 12.1 Å². The van der Waals surface area contributed by atoms with Gasteiger partial charge in [-0.05, 0) is 12.1 Å². The SMILES string of the molecule is O=[N+]([O-])c1c(S(=O)(=O)O)sc2ccccc12.[Ag]. The Morgan fingerprint density at radius 3 is 2.41 bits per heavy atom. The molecule has 1 heterocycles. The number of hydrogen-bond donors (Lipinski definition) is 1. The molecule has 1 aromatic heterocycles. The zero-order valence-corrected chi connectivity index (χ0v) is 11.1. The summed E-state index contributed by atoms with van der Waals surface area (Å²) in [7, 11) is -4.56. The zero-order valence-electron chi connectivity index (χ0n) is 7.95. The predicted octanol–water partition coefficient (Wildman–Crippen LogP) is 2.05. The van der Waals surface area contributed by atoms with Gasteiger partial charge in [-0.3, -0.25) is 14.7 Å². The predicted molar refractivity (Wildman–Crippen MR) is 58.3 cm³/mol. The first-order chi connectivity index (χ1) is 7.41. The van der Waals surface area contributed by atoms with E-state index in [1.54, 1.807) is 18.2 Å². The molecule has 0 saturated carbocycles. The standard InChI is InChI=1S/C8H5NO5S2.Ag/c10-9(11)7-5-3-1-2-4-6(5)15-8(7)16(12,13)14;/h1-4H,(H,12,13,14);. The Bertz CT molecular complexity index is 678. The van der Waals surface area contributed by atoms with Gasteiger partial charge >= 0.3 is 15.8 Å². The van der Waals surface area contributed by atoms with Crippen LogP contribution in [-0.2, 0) is 32.5 Å². The summed E-state index contributed by atoms with van der Waals surface area (Å²) >= 11 is 0.680. The molecule has 0 aliphatic carbocycles. The minimum absolute atomic E-state index is 0. The van der Waals surface area contributed by atoms with Gasteiger partial charge in [0.2, 0.25) is 4.21 Å². The summed E-state index contributed by atoms with van der Waals surface area (Å²) in [6.45, 7) is 0. The molecule has 1 aromatic carbocycles. The molecule has 6 nitrogen and oxygen atoms in total. The molecule has 0 fully saturated rings. The van der Waals surface area contributed by atoms with Gasteiger partial charge in [0.05, 0.1) is 10.3 Å². The molecule has 95 valence electrons. The first-order valence-corrected chi connectivity index (χ1v) is 6.30. The second kappa shape index (κ2) is 4.84. The third-order valence-corrected chi connectivity index (χ3v) is 4.45. The van der Waals surface area contributed by atoms with E-state index >= 15 is 0 Å². The fraction of sp³-hybridized carbons (Fsp3) is 0. The summed E-state index contributed by atoms with van der Waals surface area (Å²) in [6.07, 6.45) is 0. The first kappa shape index (κ1) is 14.3. The van der Waals surface area contributed by atoms with Gasteiger partial charge in [-0.15, -0.1) is 11.3 Å². The monoisotopic (exact) mass is 366 g/mol. The molecule has 9 heteroatoms. The van der Waals surface area contributed by atoms with Gasteiger partial charge in [-0.25, -0.2) is 0 Å². The van der Waals surface area contributed by atoms with Crippen molar-refractivity contribution in [3.05, 3.63) is 34.4 Å². The van der Waals surface area contributed by atoms with E-state index in [-0.39, 0.29) is 27.8 Å². The second-order valence-corrected chi connectivity index (χ2v) is 5.64. The van der Waals surface area contributed by atoms with Crippen LogP contribution in [0.25, 0.3) is 10.1 Å². The minimum Gasteiger partial charge on any atom is -0.281 e. The maximum Gasteiger partial charge on any atom is 0.311 e. The Labute approximate surface area is 116 Å². The molecule has 0 unspecified atom stereocenters. The molecule has 0 spiro atoms. The number of rotatable bonds is 2. The van der Waals surface area contributed by atoms with Gasteiger partial charge in [-0.2, -0.15) is 8.42 Å². The summed E-state index contributed by atoms with van der Waals surface area (Å²) in [4.78, 5) is 9.98. The Morgan fingerprint density at radius 2 is 1.88 bits per heavy atom. The number of thiophene rings is 1. The molecule has 2 rings (SSSR count). The van der Waals surface area contributed by atoms with Crippen molar-refractivity contribution in [2.45, 2.75) is 4.21 Å². The Morgan fingerprint density at radius 1 is 1.29 bits per heavy atom. The molecule has 1 N–H and O–H groups in total. The number of hydrogen-bond acceptors (Lipinski definition) is 5.